The maximum Gasteiger partial charge on any atom is 0.573 e. The van der Waals surface area contributed by atoms with Crippen molar-refractivity contribution in [2.75, 3.05) is 6.54 Å². The van der Waals surface area contributed by atoms with Gasteiger partial charge in [-0.3, -0.25) is 10.1 Å². The zero-order valence-corrected chi connectivity index (χ0v) is 16.2. The summed E-state index contributed by atoms with van der Waals surface area (Å²) in [6.45, 7) is 0.0215. The molecule has 1 aromatic carbocycles. The van der Waals surface area contributed by atoms with E-state index in [1.54, 1.807) is 18.2 Å². The highest BCUT2D eigenvalue weighted by molar-refractivity contribution is 6.00. The van der Waals surface area contributed by atoms with E-state index in [-0.39, 0.29) is 29.8 Å². The van der Waals surface area contributed by atoms with Crippen molar-refractivity contribution in [2.45, 2.75) is 30.5 Å². The molecule has 0 spiro atoms. The summed E-state index contributed by atoms with van der Waals surface area (Å²) in [5, 5.41) is 8.87. The Morgan fingerprint density at radius 2 is 1.88 bits per heavy atom. The Bertz CT molecular complexity index is 1220. The molecule has 3 heterocycles. The lowest BCUT2D eigenvalue weighted by atomic mass is 9.99. The molecule has 2 fully saturated rings. The van der Waals surface area contributed by atoms with Crippen molar-refractivity contribution in [3.63, 3.8) is 0 Å². The molecule has 3 aromatic rings. The van der Waals surface area contributed by atoms with Crippen LogP contribution in [-0.4, -0.2) is 39.4 Å². The Balaban J connectivity index is 1.45. The lowest BCUT2D eigenvalue weighted by Gasteiger charge is -2.22. The largest absolute Gasteiger partial charge is 0.573 e. The topological polar surface area (TPSA) is 97.6 Å². The molecule has 3 amide bonds. The number of nitrogens with one attached hydrogen (secondary N) is 2. The summed E-state index contributed by atoms with van der Waals surface area (Å²) in [6.07, 6.45) is -3.07. The lowest BCUT2D eigenvalue weighted by Crippen LogP contribution is -2.51. The zero-order chi connectivity index (χ0) is 22.6. The standard InChI is InChI=1S/C20H15F4N5O3/c21-16-8-25-17-13(6-15(28-29(16)17)14-7-26-19(31)27-18(14)30)12-5-11(12)9-1-3-10(4-2-9)32-20(22,23)24/h1-4,6,8,11-12,14H,5,7H2,(H2,26,27,30,31)/t11-,12+,14?/m1/s1. The van der Waals surface area contributed by atoms with Crippen molar-refractivity contribution < 1.29 is 31.9 Å². The molecule has 12 heteroatoms. The number of halogens is 4. The molecule has 1 saturated carbocycles. The van der Waals surface area contributed by atoms with Crippen LogP contribution in [0.4, 0.5) is 22.4 Å². The number of carbonyl (C=O) groups excluding carboxylic acids is 2. The molecule has 32 heavy (non-hydrogen) atoms. The average molecular weight is 449 g/mol. The van der Waals surface area contributed by atoms with Crippen molar-refractivity contribution in [2.24, 2.45) is 0 Å². The Labute approximate surface area is 177 Å². The SMILES string of the molecule is O=C1NCC(c2cc([C@H]3C[C@@H]3c3ccc(OC(F)(F)F)cc3)c3ncc(F)n3n2)C(=O)N1. The molecule has 3 atom stereocenters. The third-order valence-corrected chi connectivity index (χ3v) is 5.58. The number of ether oxygens (including phenoxy) is 1. The second-order valence-corrected chi connectivity index (χ2v) is 7.66. The van der Waals surface area contributed by atoms with Gasteiger partial charge in [-0.05, 0) is 42.0 Å². The third kappa shape index (κ3) is 3.72. The summed E-state index contributed by atoms with van der Waals surface area (Å²) in [5.74, 6) is -2.46. The first-order valence-electron chi connectivity index (χ1n) is 9.68. The van der Waals surface area contributed by atoms with E-state index in [2.05, 4.69) is 25.5 Å². The van der Waals surface area contributed by atoms with Crippen LogP contribution in [0.25, 0.3) is 5.65 Å². The number of urea groups is 1. The summed E-state index contributed by atoms with van der Waals surface area (Å²) < 4.78 is 56.3. The van der Waals surface area contributed by atoms with Gasteiger partial charge in [0.25, 0.3) is 0 Å². The highest BCUT2D eigenvalue weighted by atomic mass is 19.4. The minimum atomic E-state index is -4.77. The highest BCUT2D eigenvalue weighted by Gasteiger charge is 2.42. The summed E-state index contributed by atoms with van der Waals surface area (Å²) in [4.78, 5) is 27.7. The number of alkyl halides is 3. The molecule has 5 rings (SSSR count). The molecule has 2 aromatic heterocycles. The van der Waals surface area contributed by atoms with Gasteiger partial charge in [0.1, 0.15) is 5.75 Å². The monoisotopic (exact) mass is 449 g/mol. The first-order valence-corrected chi connectivity index (χ1v) is 9.68. The smallest absolute Gasteiger partial charge is 0.406 e. The van der Waals surface area contributed by atoms with Crippen molar-refractivity contribution in [3.8, 4) is 5.75 Å². The quantitative estimate of drug-likeness (QED) is 0.597. The summed E-state index contributed by atoms with van der Waals surface area (Å²) in [6, 6.07) is 6.67. The van der Waals surface area contributed by atoms with E-state index >= 15 is 0 Å². The number of imidazole rings is 1. The van der Waals surface area contributed by atoms with Crippen LogP contribution in [0.5, 0.6) is 5.75 Å². The van der Waals surface area contributed by atoms with Crippen LogP contribution in [0.2, 0.25) is 0 Å². The van der Waals surface area contributed by atoms with E-state index < -0.39 is 30.2 Å². The number of hydrogen-bond donors (Lipinski definition) is 2. The van der Waals surface area contributed by atoms with E-state index in [9.17, 15) is 27.2 Å². The van der Waals surface area contributed by atoms with Gasteiger partial charge < -0.3 is 10.1 Å². The fraction of sp³-hybridized carbons (Fsp3) is 0.300. The number of nitrogens with zero attached hydrogens (tertiary/aromatic N) is 3. The molecule has 2 N–H and O–H groups in total. The van der Waals surface area contributed by atoms with Crippen LogP contribution in [0, 0.1) is 5.95 Å². The average Bonchev–Trinajstić information content (AvgIpc) is 3.43. The van der Waals surface area contributed by atoms with Gasteiger partial charge in [-0.25, -0.2) is 9.78 Å². The minimum absolute atomic E-state index is 0.0198. The van der Waals surface area contributed by atoms with E-state index in [1.165, 1.54) is 12.1 Å². The van der Waals surface area contributed by atoms with Gasteiger partial charge in [-0.2, -0.15) is 14.0 Å². The van der Waals surface area contributed by atoms with Crippen LogP contribution in [0.15, 0.2) is 36.5 Å². The van der Waals surface area contributed by atoms with Gasteiger partial charge in [0.2, 0.25) is 11.9 Å². The van der Waals surface area contributed by atoms with Crippen molar-refractivity contribution in [1.82, 2.24) is 25.2 Å². The molecule has 0 bridgehead atoms. The second-order valence-electron chi connectivity index (χ2n) is 7.66. The number of carbonyl (C=O) groups is 2. The Kier molecular flexibility index (Phi) is 4.53. The second kappa shape index (κ2) is 7.18. The first kappa shape index (κ1) is 20.2. The molecule has 1 aliphatic heterocycles. The van der Waals surface area contributed by atoms with Crippen LogP contribution in [0.1, 0.15) is 41.0 Å². The molecular formula is C20H15F4N5O3. The Morgan fingerprint density at radius 3 is 2.56 bits per heavy atom. The fourth-order valence-electron chi connectivity index (χ4n) is 4.02. The maximum absolute atomic E-state index is 14.3. The first-order chi connectivity index (χ1) is 15.2. The third-order valence-electron chi connectivity index (χ3n) is 5.58. The summed E-state index contributed by atoms with van der Waals surface area (Å²) in [5.41, 5.74) is 2.05. The zero-order valence-electron chi connectivity index (χ0n) is 16.2. The van der Waals surface area contributed by atoms with E-state index in [1.807, 2.05) is 0 Å². The maximum atomic E-state index is 14.3. The van der Waals surface area contributed by atoms with Crippen LogP contribution < -0.4 is 15.4 Å². The predicted molar refractivity (Wildman–Crippen MR) is 100 cm³/mol. The normalized spacial score (nSPS) is 23.1. The Hall–Kier alpha value is -3.70. The van der Waals surface area contributed by atoms with Crippen molar-refractivity contribution >= 4 is 17.6 Å². The van der Waals surface area contributed by atoms with Gasteiger partial charge in [0.05, 0.1) is 17.8 Å². The molecule has 2 aliphatic rings. The van der Waals surface area contributed by atoms with E-state index in [0.29, 0.717) is 17.6 Å². The van der Waals surface area contributed by atoms with Gasteiger partial charge in [0, 0.05) is 12.1 Å². The molecule has 1 aliphatic carbocycles. The number of aromatic nitrogens is 3. The number of hydrogen-bond acceptors (Lipinski definition) is 5. The fourth-order valence-corrected chi connectivity index (χ4v) is 4.02. The number of benzene rings is 1. The van der Waals surface area contributed by atoms with Gasteiger partial charge in [0.15, 0.2) is 5.65 Å². The van der Waals surface area contributed by atoms with Gasteiger partial charge in [-0.1, -0.05) is 12.1 Å². The molecule has 8 nitrogen and oxygen atoms in total. The van der Waals surface area contributed by atoms with E-state index in [4.69, 9.17) is 0 Å². The van der Waals surface area contributed by atoms with Crippen molar-refractivity contribution in [1.29, 1.82) is 0 Å². The molecule has 1 saturated heterocycles. The summed E-state index contributed by atoms with van der Waals surface area (Å²) >= 11 is 0. The molecular weight excluding hydrogens is 434 g/mol. The lowest BCUT2D eigenvalue weighted by molar-refractivity contribution is -0.274. The highest BCUT2D eigenvalue weighted by Crippen LogP contribution is 2.55. The molecule has 166 valence electrons. The number of amides is 3. The predicted octanol–water partition coefficient (Wildman–Crippen LogP) is 2.96. The van der Waals surface area contributed by atoms with Crippen LogP contribution >= 0.6 is 0 Å². The number of rotatable bonds is 4. The number of fused-ring (bicyclic) bond motifs is 1. The van der Waals surface area contributed by atoms with Gasteiger partial charge in [-0.15, -0.1) is 13.2 Å². The molecule has 1 unspecified atom stereocenters. The Morgan fingerprint density at radius 1 is 1.12 bits per heavy atom. The van der Waals surface area contributed by atoms with E-state index in [0.717, 1.165) is 16.3 Å². The number of imide groups is 1. The summed E-state index contributed by atoms with van der Waals surface area (Å²) in [7, 11) is 0. The van der Waals surface area contributed by atoms with Crippen LogP contribution in [-0.2, 0) is 4.79 Å². The molecule has 0 radical (unpaired) electrons. The van der Waals surface area contributed by atoms with Gasteiger partial charge >= 0.3 is 12.4 Å². The van der Waals surface area contributed by atoms with Crippen LogP contribution in [0.3, 0.4) is 0 Å². The van der Waals surface area contributed by atoms with Crippen molar-refractivity contribution in [3.05, 3.63) is 59.3 Å². The minimum Gasteiger partial charge on any atom is -0.406 e.